The molecule has 66 valence electrons. The van der Waals surface area contributed by atoms with Gasteiger partial charge in [0.05, 0.1) is 5.33 Å². The summed E-state index contributed by atoms with van der Waals surface area (Å²) in [5.41, 5.74) is 0. The molecule has 11 heavy (non-hydrogen) atoms. The smallest absolute Gasteiger partial charge is 0.143 e. The molecule has 0 aliphatic heterocycles. The lowest BCUT2D eigenvalue weighted by Gasteiger charge is -1.93. The molecule has 0 atom stereocenters. The van der Waals surface area contributed by atoms with Crippen molar-refractivity contribution >= 4 is 21.7 Å². The van der Waals surface area contributed by atoms with Crippen LogP contribution in [0, 0.1) is 0 Å². The molecule has 0 amide bonds. The Balaban J connectivity index is 0. The van der Waals surface area contributed by atoms with Gasteiger partial charge in [-0.15, -0.1) is 13.2 Å². The zero-order valence-corrected chi connectivity index (χ0v) is 8.82. The Labute approximate surface area is 78.0 Å². The topological polar surface area (TPSA) is 17.1 Å². The van der Waals surface area contributed by atoms with Gasteiger partial charge in [0.15, 0.2) is 0 Å². The van der Waals surface area contributed by atoms with E-state index in [1.807, 2.05) is 0 Å². The fraction of sp³-hybridized carbons (Fsp3) is 0.667. The zero-order valence-electron chi connectivity index (χ0n) is 7.24. The fourth-order valence-electron chi connectivity index (χ4n) is 0.639. The van der Waals surface area contributed by atoms with Crippen molar-refractivity contribution in [3.05, 3.63) is 13.2 Å². The molecule has 0 heterocycles. The van der Waals surface area contributed by atoms with Crippen LogP contribution in [0.5, 0.6) is 0 Å². The van der Waals surface area contributed by atoms with Crippen molar-refractivity contribution < 1.29 is 4.79 Å². The lowest BCUT2D eigenvalue weighted by molar-refractivity contribution is -0.116. The van der Waals surface area contributed by atoms with Crippen molar-refractivity contribution in [1.29, 1.82) is 0 Å². The summed E-state index contributed by atoms with van der Waals surface area (Å²) in [4.78, 5) is 10.6. The fourth-order valence-corrected chi connectivity index (χ4v) is 0.919. The number of Topliss-reactive ketones (excluding diaryl/α,β-unsaturated/α-hetero) is 1. The third kappa shape index (κ3) is 13.0. The third-order valence-electron chi connectivity index (χ3n) is 1.21. The molecule has 0 rings (SSSR count). The molecular formula is C9H17BrO. The van der Waals surface area contributed by atoms with Gasteiger partial charge in [-0.1, -0.05) is 35.7 Å². The van der Waals surface area contributed by atoms with Gasteiger partial charge >= 0.3 is 0 Å². The largest absolute Gasteiger partial charge is 0.299 e. The van der Waals surface area contributed by atoms with E-state index in [4.69, 9.17) is 0 Å². The highest BCUT2D eigenvalue weighted by atomic mass is 79.9. The molecule has 0 radical (unpaired) electrons. The highest BCUT2D eigenvalue weighted by Crippen LogP contribution is 2.00. The lowest BCUT2D eigenvalue weighted by atomic mass is 10.2. The molecule has 0 unspecified atom stereocenters. The average Bonchev–Trinajstić information content (AvgIpc) is 2.08. The molecule has 0 saturated heterocycles. The van der Waals surface area contributed by atoms with Crippen molar-refractivity contribution in [2.24, 2.45) is 0 Å². The van der Waals surface area contributed by atoms with E-state index in [1.54, 1.807) is 0 Å². The van der Waals surface area contributed by atoms with Gasteiger partial charge in [0.25, 0.3) is 0 Å². The quantitative estimate of drug-likeness (QED) is 0.395. The second kappa shape index (κ2) is 12.6. The van der Waals surface area contributed by atoms with Crippen LogP contribution in [0.25, 0.3) is 0 Å². The molecular weight excluding hydrogens is 204 g/mol. The standard InChI is InChI=1S/C7H13BrO.C2H4/c1-2-3-4-5-7(9)6-8;1-2/h2-6H2,1H3;1-2H2. The Morgan fingerprint density at radius 2 is 1.91 bits per heavy atom. The van der Waals surface area contributed by atoms with Crippen LogP contribution >= 0.6 is 15.9 Å². The molecule has 0 saturated carbocycles. The van der Waals surface area contributed by atoms with Crippen LogP contribution in [-0.2, 0) is 4.79 Å². The summed E-state index contributed by atoms with van der Waals surface area (Å²) in [5.74, 6) is 0.323. The Hall–Kier alpha value is -0.110. The Bertz CT molecular complexity index is 91.6. The van der Waals surface area contributed by atoms with E-state index in [9.17, 15) is 4.79 Å². The van der Waals surface area contributed by atoms with Gasteiger partial charge in [-0.25, -0.2) is 0 Å². The van der Waals surface area contributed by atoms with E-state index < -0.39 is 0 Å². The van der Waals surface area contributed by atoms with Gasteiger partial charge < -0.3 is 0 Å². The summed E-state index contributed by atoms with van der Waals surface area (Å²) in [7, 11) is 0. The first-order chi connectivity index (χ1) is 5.31. The van der Waals surface area contributed by atoms with E-state index in [0.29, 0.717) is 11.1 Å². The summed E-state index contributed by atoms with van der Waals surface area (Å²) < 4.78 is 0. The molecule has 0 aromatic carbocycles. The molecule has 2 heteroatoms. The predicted molar refractivity (Wildman–Crippen MR) is 54.2 cm³/mol. The first-order valence-corrected chi connectivity index (χ1v) is 5.01. The number of halogens is 1. The summed E-state index contributed by atoms with van der Waals surface area (Å²) >= 11 is 3.12. The summed E-state index contributed by atoms with van der Waals surface area (Å²) in [6.07, 6.45) is 4.17. The number of hydrogen-bond donors (Lipinski definition) is 0. The summed E-state index contributed by atoms with van der Waals surface area (Å²) in [5, 5.41) is 0.525. The van der Waals surface area contributed by atoms with Gasteiger partial charge in [0.1, 0.15) is 5.78 Å². The molecule has 0 spiro atoms. The molecule has 0 N–H and O–H groups in total. The van der Waals surface area contributed by atoms with E-state index in [2.05, 4.69) is 36.0 Å². The minimum Gasteiger partial charge on any atom is -0.299 e. The minimum absolute atomic E-state index is 0.323. The Morgan fingerprint density at radius 1 is 1.36 bits per heavy atom. The molecule has 0 aliphatic rings. The maximum atomic E-state index is 10.6. The molecule has 0 aromatic rings. The van der Waals surface area contributed by atoms with Gasteiger partial charge in [-0.05, 0) is 6.42 Å². The number of hydrogen-bond acceptors (Lipinski definition) is 1. The van der Waals surface area contributed by atoms with Crippen molar-refractivity contribution in [3.63, 3.8) is 0 Å². The van der Waals surface area contributed by atoms with Gasteiger partial charge in [0.2, 0.25) is 0 Å². The van der Waals surface area contributed by atoms with E-state index in [0.717, 1.165) is 12.8 Å². The number of carbonyl (C=O) groups excluding carboxylic acids is 1. The monoisotopic (exact) mass is 220 g/mol. The van der Waals surface area contributed by atoms with Crippen LogP contribution in [-0.4, -0.2) is 11.1 Å². The van der Waals surface area contributed by atoms with Crippen LogP contribution < -0.4 is 0 Å². The minimum atomic E-state index is 0.323. The maximum absolute atomic E-state index is 10.6. The average molecular weight is 221 g/mol. The van der Waals surface area contributed by atoms with Crippen LogP contribution in [0.1, 0.15) is 32.6 Å². The van der Waals surface area contributed by atoms with E-state index >= 15 is 0 Å². The number of unbranched alkanes of at least 4 members (excludes halogenated alkanes) is 2. The van der Waals surface area contributed by atoms with Crippen LogP contribution in [0.2, 0.25) is 0 Å². The normalized spacial score (nSPS) is 8.18. The van der Waals surface area contributed by atoms with E-state index in [1.165, 1.54) is 12.8 Å². The second-order valence-corrected chi connectivity index (χ2v) is 2.69. The van der Waals surface area contributed by atoms with Crippen molar-refractivity contribution in [2.45, 2.75) is 32.6 Å². The first kappa shape index (κ1) is 13.5. The molecule has 1 nitrogen and oxygen atoms in total. The SMILES string of the molecule is C=C.CCCCCC(=O)CBr. The molecule has 0 aliphatic carbocycles. The maximum Gasteiger partial charge on any atom is 0.143 e. The Morgan fingerprint density at radius 3 is 2.27 bits per heavy atom. The highest BCUT2D eigenvalue weighted by molar-refractivity contribution is 9.09. The highest BCUT2D eigenvalue weighted by Gasteiger charge is 1.96. The second-order valence-electron chi connectivity index (χ2n) is 2.13. The predicted octanol–water partition coefficient (Wildman–Crippen LogP) is 3.33. The van der Waals surface area contributed by atoms with Crippen LogP contribution in [0.3, 0.4) is 0 Å². The van der Waals surface area contributed by atoms with Crippen molar-refractivity contribution in [3.8, 4) is 0 Å². The van der Waals surface area contributed by atoms with Gasteiger partial charge in [-0.2, -0.15) is 0 Å². The number of ketones is 1. The number of carbonyl (C=O) groups is 1. The molecule has 0 fully saturated rings. The third-order valence-corrected chi connectivity index (χ3v) is 1.83. The lowest BCUT2D eigenvalue weighted by Crippen LogP contribution is -1.97. The van der Waals surface area contributed by atoms with Crippen LogP contribution in [0.15, 0.2) is 13.2 Å². The van der Waals surface area contributed by atoms with Gasteiger partial charge in [-0.3, -0.25) is 4.79 Å². The zero-order chi connectivity index (χ0) is 9.11. The van der Waals surface area contributed by atoms with Gasteiger partial charge in [0, 0.05) is 6.42 Å². The molecule has 0 aromatic heterocycles. The summed E-state index contributed by atoms with van der Waals surface area (Å²) in [6, 6.07) is 0. The Kier molecular flexibility index (Phi) is 15.4. The van der Waals surface area contributed by atoms with Crippen LogP contribution in [0.4, 0.5) is 0 Å². The number of alkyl halides is 1. The van der Waals surface area contributed by atoms with Crippen molar-refractivity contribution in [1.82, 2.24) is 0 Å². The van der Waals surface area contributed by atoms with Crippen molar-refractivity contribution in [2.75, 3.05) is 5.33 Å². The molecule has 0 bridgehead atoms. The van der Waals surface area contributed by atoms with E-state index in [-0.39, 0.29) is 0 Å². The first-order valence-electron chi connectivity index (χ1n) is 3.89. The summed E-state index contributed by atoms with van der Waals surface area (Å²) in [6.45, 7) is 8.14. The number of rotatable bonds is 5.